The van der Waals surface area contributed by atoms with E-state index in [0.29, 0.717) is 6.54 Å². The maximum absolute atomic E-state index is 13.0. The summed E-state index contributed by atoms with van der Waals surface area (Å²) in [7, 11) is 0. The number of carbonyl (C=O) groups is 1. The summed E-state index contributed by atoms with van der Waals surface area (Å²) in [5.41, 5.74) is 6.69. The zero-order valence-corrected chi connectivity index (χ0v) is 15.1. The molecule has 0 aliphatic rings. The molecule has 1 atom stereocenters. The first-order chi connectivity index (χ1) is 10.4. The molecule has 0 fully saturated rings. The van der Waals surface area contributed by atoms with Gasteiger partial charge in [-0.15, -0.1) is 23.7 Å². The summed E-state index contributed by atoms with van der Waals surface area (Å²) in [5, 5.41) is 0. The minimum Gasteiger partial charge on any atom is -0.334 e. The molecule has 2 aromatic rings. The Morgan fingerprint density at radius 3 is 2.30 bits per heavy atom. The monoisotopic (exact) mass is 356 g/mol. The summed E-state index contributed by atoms with van der Waals surface area (Å²) in [6, 6.07) is 10.0. The first kappa shape index (κ1) is 19.6. The standard InChI is InChI=1S/C17H21FN2OS.ClH/c1-11(2)20(17(21)12(3)19)10-15-8-9-16(22-15)13-4-6-14(18)7-5-13;/h4-9,11-12H,10,19H2,1-3H3;1H/t12-;/m0./s1. The van der Waals surface area contributed by atoms with Crippen molar-refractivity contribution in [3.63, 3.8) is 0 Å². The van der Waals surface area contributed by atoms with Crippen LogP contribution >= 0.6 is 23.7 Å². The number of benzene rings is 1. The summed E-state index contributed by atoms with van der Waals surface area (Å²) in [6.45, 7) is 6.21. The molecule has 0 spiro atoms. The van der Waals surface area contributed by atoms with Gasteiger partial charge in [0.05, 0.1) is 12.6 Å². The zero-order chi connectivity index (χ0) is 16.3. The lowest BCUT2D eigenvalue weighted by Crippen LogP contribution is -2.44. The third-order valence-corrected chi connectivity index (χ3v) is 4.53. The molecule has 3 nitrogen and oxygen atoms in total. The van der Waals surface area contributed by atoms with E-state index in [9.17, 15) is 9.18 Å². The Morgan fingerprint density at radius 1 is 1.17 bits per heavy atom. The molecule has 2 rings (SSSR count). The Hall–Kier alpha value is -1.43. The Bertz CT molecular complexity index is 640. The molecule has 1 aromatic heterocycles. The van der Waals surface area contributed by atoms with Crippen molar-refractivity contribution in [2.24, 2.45) is 5.73 Å². The summed E-state index contributed by atoms with van der Waals surface area (Å²) in [4.78, 5) is 16.1. The fourth-order valence-electron chi connectivity index (χ4n) is 2.18. The largest absolute Gasteiger partial charge is 0.334 e. The lowest BCUT2D eigenvalue weighted by Gasteiger charge is -2.27. The number of hydrogen-bond acceptors (Lipinski definition) is 3. The van der Waals surface area contributed by atoms with E-state index in [0.717, 1.165) is 15.3 Å². The van der Waals surface area contributed by atoms with E-state index in [1.807, 2.05) is 26.0 Å². The van der Waals surface area contributed by atoms with Crippen LogP contribution in [0.1, 0.15) is 25.6 Å². The van der Waals surface area contributed by atoms with Crippen LogP contribution in [0.5, 0.6) is 0 Å². The van der Waals surface area contributed by atoms with Crippen LogP contribution in [0, 0.1) is 5.82 Å². The molecule has 1 heterocycles. The molecule has 126 valence electrons. The van der Waals surface area contributed by atoms with Crippen LogP contribution in [0.2, 0.25) is 0 Å². The van der Waals surface area contributed by atoms with Gasteiger partial charge in [0, 0.05) is 15.8 Å². The van der Waals surface area contributed by atoms with E-state index >= 15 is 0 Å². The highest BCUT2D eigenvalue weighted by Gasteiger charge is 2.21. The summed E-state index contributed by atoms with van der Waals surface area (Å²) in [5.74, 6) is -0.291. The highest BCUT2D eigenvalue weighted by Crippen LogP contribution is 2.29. The minimum absolute atomic E-state index is 0. The number of halogens is 2. The van der Waals surface area contributed by atoms with Crippen LogP contribution in [0.25, 0.3) is 10.4 Å². The molecular weight excluding hydrogens is 335 g/mol. The van der Waals surface area contributed by atoms with Gasteiger partial charge in [-0.25, -0.2) is 4.39 Å². The summed E-state index contributed by atoms with van der Waals surface area (Å²) < 4.78 is 13.0. The highest BCUT2D eigenvalue weighted by atomic mass is 35.5. The van der Waals surface area contributed by atoms with E-state index in [2.05, 4.69) is 0 Å². The van der Waals surface area contributed by atoms with Gasteiger partial charge in [-0.05, 0) is 50.6 Å². The number of hydrogen-bond donors (Lipinski definition) is 1. The normalized spacial score (nSPS) is 11.9. The van der Waals surface area contributed by atoms with Gasteiger partial charge in [0.1, 0.15) is 5.82 Å². The molecule has 23 heavy (non-hydrogen) atoms. The quantitative estimate of drug-likeness (QED) is 0.878. The average Bonchev–Trinajstić information content (AvgIpc) is 2.93. The van der Waals surface area contributed by atoms with E-state index in [1.54, 1.807) is 35.3 Å². The molecule has 0 unspecified atom stereocenters. The molecule has 0 aliphatic carbocycles. The van der Waals surface area contributed by atoms with E-state index in [4.69, 9.17) is 5.73 Å². The van der Waals surface area contributed by atoms with Crippen LogP contribution in [0.3, 0.4) is 0 Å². The van der Waals surface area contributed by atoms with Gasteiger partial charge in [-0.1, -0.05) is 12.1 Å². The van der Waals surface area contributed by atoms with Crippen LogP contribution in [-0.2, 0) is 11.3 Å². The number of carbonyl (C=O) groups excluding carboxylic acids is 1. The van der Waals surface area contributed by atoms with Gasteiger partial charge in [-0.3, -0.25) is 4.79 Å². The second kappa shape index (κ2) is 8.43. The Balaban J connectivity index is 0.00000264. The van der Waals surface area contributed by atoms with Crippen molar-refractivity contribution in [1.82, 2.24) is 4.90 Å². The van der Waals surface area contributed by atoms with Gasteiger partial charge >= 0.3 is 0 Å². The minimum atomic E-state index is -0.501. The Kier molecular flexibility index (Phi) is 7.19. The molecule has 1 amide bonds. The van der Waals surface area contributed by atoms with Gasteiger partial charge in [-0.2, -0.15) is 0 Å². The molecule has 0 saturated carbocycles. The topological polar surface area (TPSA) is 46.3 Å². The van der Waals surface area contributed by atoms with E-state index < -0.39 is 6.04 Å². The van der Waals surface area contributed by atoms with Crippen molar-refractivity contribution in [3.05, 3.63) is 47.1 Å². The third kappa shape index (κ3) is 5.03. The van der Waals surface area contributed by atoms with Crippen molar-refractivity contribution in [3.8, 4) is 10.4 Å². The molecule has 6 heteroatoms. The van der Waals surface area contributed by atoms with Gasteiger partial charge in [0.25, 0.3) is 0 Å². The van der Waals surface area contributed by atoms with Crippen LogP contribution in [0.15, 0.2) is 36.4 Å². The first-order valence-corrected chi connectivity index (χ1v) is 8.11. The molecule has 0 bridgehead atoms. The summed E-state index contributed by atoms with van der Waals surface area (Å²) in [6.07, 6.45) is 0. The first-order valence-electron chi connectivity index (χ1n) is 7.29. The van der Waals surface area contributed by atoms with E-state index in [1.165, 1.54) is 12.1 Å². The average molecular weight is 357 g/mol. The maximum atomic E-state index is 13.0. The number of thiophene rings is 1. The number of amides is 1. The predicted octanol–water partition coefficient (Wildman–Crippen LogP) is 4.06. The molecule has 0 saturated heterocycles. The Morgan fingerprint density at radius 2 is 1.78 bits per heavy atom. The lowest BCUT2D eigenvalue weighted by atomic mass is 10.2. The van der Waals surface area contributed by atoms with Crippen LogP contribution in [-0.4, -0.2) is 22.9 Å². The zero-order valence-electron chi connectivity index (χ0n) is 13.5. The number of rotatable bonds is 5. The molecular formula is C17H22ClFN2OS. The maximum Gasteiger partial charge on any atom is 0.239 e. The van der Waals surface area contributed by atoms with Crippen LogP contribution < -0.4 is 5.73 Å². The third-order valence-electron chi connectivity index (χ3n) is 3.41. The second-order valence-corrected chi connectivity index (χ2v) is 6.79. The highest BCUT2D eigenvalue weighted by molar-refractivity contribution is 7.15. The van der Waals surface area contributed by atoms with Crippen molar-refractivity contribution >= 4 is 29.7 Å². The SMILES string of the molecule is CC(C)N(Cc1ccc(-c2ccc(F)cc2)s1)C(=O)[C@H](C)N.Cl. The molecule has 0 aliphatic heterocycles. The van der Waals surface area contributed by atoms with Crippen molar-refractivity contribution < 1.29 is 9.18 Å². The smallest absolute Gasteiger partial charge is 0.239 e. The fourth-order valence-corrected chi connectivity index (χ4v) is 3.19. The van der Waals surface area contributed by atoms with Crippen molar-refractivity contribution in [2.45, 2.75) is 39.4 Å². The van der Waals surface area contributed by atoms with Gasteiger partial charge < -0.3 is 10.6 Å². The van der Waals surface area contributed by atoms with Gasteiger partial charge in [0.15, 0.2) is 0 Å². The second-order valence-electron chi connectivity index (χ2n) is 5.62. The number of nitrogens with two attached hydrogens (primary N) is 1. The predicted molar refractivity (Wildman–Crippen MR) is 96.3 cm³/mol. The van der Waals surface area contributed by atoms with Gasteiger partial charge in [0.2, 0.25) is 5.91 Å². The lowest BCUT2D eigenvalue weighted by molar-refractivity contribution is -0.134. The number of nitrogens with zero attached hydrogens (tertiary/aromatic N) is 1. The van der Waals surface area contributed by atoms with Crippen LogP contribution in [0.4, 0.5) is 4.39 Å². The molecule has 0 radical (unpaired) electrons. The Labute approximate surface area is 146 Å². The fraction of sp³-hybridized carbons (Fsp3) is 0.353. The van der Waals surface area contributed by atoms with Crippen molar-refractivity contribution in [1.29, 1.82) is 0 Å². The summed E-state index contributed by atoms with van der Waals surface area (Å²) >= 11 is 1.61. The van der Waals surface area contributed by atoms with E-state index in [-0.39, 0.29) is 30.2 Å². The van der Waals surface area contributed by atoms with Crippen molar-refractivity contribution in [2.75, 3.05) is 0 Å². The molecule has 1 aromatic carbocycles. The molecule has 2 N–H and O–H groups in total.